The molecule has 1 aliphatic heterocycles. The van der Waals surface area contributed by atoms with Crippen molar-refractivity contribution in [1.29, 1.82) is 0 Å². The monoisotopic (exact) mass is 541 g/mol. The summed E-state index contributed by atoms with van der Waals surface area (Å²) in [5, 5.41) is 4.47. The van der Waals surface area contributed by atoms with Crippen LogP contribution in [0.1, 0.15) is 50.8 Å². The molecular weight excluding hydrogens is 517 g/mol. The second-order valence-electron chi connectivity index (χ2n) is 10.3. The molecule has 0 N–H and O–H groups in total. The molecular formula is C25H24F5N3O3S. The van der Waals surface area contributed by atoms with Gasteiger partial charge in [-0.2, -0.15) is 18.3 Å². The highest BCUT2D eigenvalue weighted by atomic mass is 32.2. The Kier molecular flexibility index (Phi) is 5.63. The van der Waals surface area contributed by atoms with Crippen LogP contribution in [0.15, 0.2) is 41.4 Å². The van der Waals surface area contributed by atoms with Gasteiger partial charge in [-0.1, -0.05) is 0 Å². The van der Waals surface area contributed by atoms with E-state index in [1.165, 1.54) is 6.20 Å². The molecule has 1 saturated carbocycles. The van der Waals surface area contributed by atoms with Crippen molar-refractivity contribution < 1.29 is 35.1 Å². The van der Waals surface area contributed by atoms with Gasteiger partial charge in [-0.3, -0.25) is 8.99 Å². The van der Waals surface area contributed by atoms with Gasteiger partial charge in [0.2, 0.25) is 0 Å². The summed E-state index contributed by atoms with van der Waals surface area (Å²) in [6, 6.07) is 3.24. The van der Waals surface area contributed by atoms with E-state index in [1.54, 1.807) is 4.68 Å². The lowest BCUT2D eigenvalue weighted by Gasteiger charge is -2.39. The van der Waals surface area contributed by atoms with Gasteiger partial charge in [0, 0.05) is 23.3 Å². The molecule has 0 saturated heterocycles. The Bertz CT molecular complexity index is 1500. The van der Waals surface area contributed by atoms with Gasteiger partial charge in [-0.25, -0.2) is 17.2 Å². The van der Waals surface area contributed by atoms with Crippen molar-refractivity contribution in [3.05, 3.63) is 59.3 Å². The first-order valence-electron chi connectivity index (χ1n) is 11.5. The van der Waals surface area contributed by atoms with Crippen LogP contribution in [0.25, 0.3) is 11.3 Å². The number of sulfonamides is 1. The number of fused-ring (bicyclic) bond motifs is 3. The number of hydrogen-bond acceptors (Lipinski definition) is 4. The zero-order valence-electron chi connectivity index (χ0n) is 20.4. The average Bonchev–Trinajstić information content (AvgIpc) is 3.54. The molecule has 1 fully saturated rings. The van der Waals surface area contributed by atoms with Crippen LogP contribution in [0.3, 0.4) is 0 Å². The number of benzene rings is 2. The fourth-order valence-electron chi connectivity index (χ4n) is 4.86. The fraction of sp³-hybridized carbons (Fsp3) is 0.400. The van der Waals surface area contributed by atoms with E-state index in [4.69, 9.17) is 4.74 Å². The van der Waals surface area contributed by atoms with Crippen molar-refractivity contribution in [2.75, 3.05) is 11.4 Å². The maximum atomic E-state index is 14.6. The smallest absolute Gasteiger partial charge is 0.419 e. The van der Waals surface area contributed by atoms with Crippen LogP contribution in [-0.2, 0) is 21.7 Å². The lowest BCUT2D eigenvalue weighted by atomic mass is 9.92. The van der Waals surface area contributed by atoms with E-state index in [-0.39, 0.29) is 17.2 Å². The van der Waals surface area contributed by atoms with Crippen LogP contribution < -0.4 is 9.04 Å². The van der Waals surface area contributed by atoms with Gasteiger partial charge < -0.3 is 4.74 Å². The van der Waals surface area contributed by atoms with Crippen LogP contribution in [0.2, 0.25) is 0 Å². The maximum Gasteiger partial charge on any atom is 0.419 e. The molecule has 12 heteroatoms. The number of methoxy groups -OCH3 is 1. The summed E-state index contributed by atoms with van der Waals surface area (Å²) < 4.78 is 105. The third kappa shape index (κ3) is 4.05. The predicted molar refractivity (Wildman–Crippen MR) is 126 cm³/mol. The van der Waals surface area contributed by atoms with Gasteiger partial charge in [0.25, 0.3) is 10.0 Å². The Morgan fingerprint density at radius 2 is 1.68 bits per heavy atom. The topological polar surface area (TPSA) is 64.4 Å². The SMILES string of the molecule is COc1cc(S(=O)(=O)N2c3cc(F)c(F)cc3-c3c(cnn3C(C)(C)C)[C@H]2C2CC2)ccc1C(F)(F)F. The van der Waals surface area contributed by atoms with E-state index in [2.05, 4.69) is 5.10 Å². The minimum atomic E-state index is -4.76. The first-order chi connectivity index (χ1) is 17.2. The summed E-state index contributed by atoms with van der Waals surface area (Å²) in [6.45, 7) is 5.64. The highest BCUT2D eigenvalue weighted by Gasteiger charge is 2.49. The zero-order chi connectivity index (χ0) is 27.1. The lowest BCUT2D eigenvalue weighted by molar-refractivity contribution is -0.138. The van der Waals surface area contributed by atoms with Crippen LogP contribution in [0.5, 0.6) is 5.75 Å². The number of alkyl halides is 3. The number of hydrogen-bond donors (Lipinski definition) is 0. The van der Waals surface area contributed by atoms with Gasteiger partial charge >= 0.3 is 6.18 Å². The lowest BCUT2D eigenvalue weighted by Crippen LogP contribution is -2.39. The third-order valence-electron chi connectivity index (χ3n) is 6.64. The molecule has 0 spiro atoms. The Hall–Kier alpha value is -3.15. The number of anilines is 1. The number of aromatic nitrogens is 2. The third-order valence-corrected chi connectivity index (χ3v) is 8.43. The summed E-state index contributed by atoms with van der Waals surface area (Å²) in [5.74, 6) is -3.21. The van der Waals surface area contributed by atoms with Crippen LogP contribution in [0.4, 0.5) is 27.6 Å². The molecule has 2 heterocycles. The molecule has 0 unspecified atom stereocenters. The minimum Gasteiger partial charge on any atom is -0.496 e. The quantitative estimate of drug-likeness (QED) is 0.365. The molecule has 1 aliphatic carbocycles. The second-order valence-corrected chi connectivity index (χ2v) is 12.1. The Morgan fingerprint density at radius 3 is 2.24 bits per heavy atom. The van der Waals surface area contributed by atoms with E-state index in [0.717, 1.165) is 35.7 Å². The summed E-state index contributed by atoms with van der Waals surface area (Å²) >= 11 is 0. The minimum absolute atomic E-state index is 0.104. The van der Waals surface area contributed by atoms with Crippen LogP contribution in [0, 0.1) is 17.6 Å². The first kappa shape index (κ1) is 25.5. The van der Waals surface area contributed by atoms with Crippen molar-refractivity contribution in [2.45, 2.75) is 56.3 Å². The van der Waals surface area contributed by atoms with E-state index in [0.29, 0.717) is 30.2 Å². The number of rotatable bonds is 4. The van der Waals surface area contributed by atoms with Crippen LogP contribution in [-0.4, -0.2) is 25.3 Å². The second kappa shape index (κ2) is 8.17. The number of halogens is 5. The predicted octanol–water partition coefficient (Wildman–Crippen LogP) is 6.27. The van der Waals surface area contributed by atoms with E-state index >= 15 is 0 Å². The Labute approximate surface area is 210 Å². The molecule has 3 aromatic rings. The van der Waals surface area contributed by atoms with Gasteiger partial charge in [-0.15, -0.1) is 0 Å². The number of ether oxygens (including phenoxy) is 1. The molecule has 0 radical (unpaired) electrons. The van der Waals surface area contributed by atoms with E-state index in [1.807, 2.05) is 20.8 Å². The zero-order valence-corrected chi connectivity index (χ0v) is 21.2. The van der Waals surface area contributed by atoms with Gasteiger partial charge in [0.1, 0.15) is 5.75 Å². The molecule has 1 atom stereocenters. The largest absolute Gasteiger partial charge is 0.496 e. The molecule has 198 valence electrons. The highest BCUT2D eigenvalue weighted by Crippen LogP contribution is 2.56. The van der Waals surface area contributed by atoms with Gasteiger partial charge in [0.15, 0.2) is 11.6 Å². The normalized spacial score (nSPS) is 18.0. The van der Waals surface area contributed by atoms with Crippen molar-refractivity contribution in [1.82, 2.24) is 9.78 Å². The summed E-state index contributed by atoms with van der Waals surface area (Å²) in [7, 11) is -3.55. The highest BCUT2D eigenvalue weighted by molar-refractivity contribution is 7.92. The van der Waals surface area contributed by atoms with Gasteiger partial charge in [-0.05, 0) is 57.7 Å². The fourth-order valence-corrected chi connectivity index (χ4v) is 6.57. The van der Waals surface area contributed by atoms with E-state index in [9.17, 15) is 30.4 Å². The standard InChI is InChI=1S/C25H24F5N3O3S/c1-24(2,3)33-23-15-10-18(26)19(27)11-20(15)32(22(13-5-6-13)16(23)12-31-33)37(34,35)14-7-8-17(25(28,29)30)21(9-14)36-4/h7-13,22H,5-6H2,1-4H3/t22-/m1/s1. The van der Waals surface area contributed by atoms with Crippen LogP contribution >= 0.6 is 0 Å². The summed E-state index contributed by atoms with van der Waals surface area (Å²) in [6.07, 6.45) is -1.86. The number of nitrogens with zero attached hydrogens (tertiary/aromatic N) is 3. The van der Waals surface area contributed by atoms with Crippen molar-refractivity contribution in [3.63, 3.8) is 0 Å². The molecule has 6 nitrogen and oxygen atoms in total. The molecule has 1 aromatic heterocycles. The Balaban J connectivity index is 1.77. The summed E-state index contributed by atoms with van der Waals surface area (Å²) in [5.41, 5.74) is -0.665. The first-order valence-corrected chi connectivity index (χ1v) is 13.0. The van der Waals surface area contributed by atoms with Gasteiger partial charge in [0.05, 0.1) is 46.7 Å². The summed E-state index contributed by atoms with van der Waals surface area (Å²) in [4.78, 5) is -0.467. The molecule has 0 bridgehead atoms. The van der Waals surface area contributed by atoms with Crippen molar-refractivity contribution >= 4 is 15.7 Å². The van der Waals surface area contributed by atoms with Crippen molar-refractivity contribution in [3.8, 4) is 17.0 Å². The van der Waals surface area contributed by atoms with E-state index < -0.39 is 55.6 Å². The Morgan fingerprint density at radius 1 is 1.03 bits per heavy atom. The molecule has 5 rings (SSSR count). The average molecular weight is 542 g/mol. The van der Waals surface area contributed by atoms with Crippen molar-refractivity contribution in [2.24, 2.45) is 5.92 Å². The molecule has 37 heavy (non-hydrogen) atoms. The maximum absolute atomic E-state index is 14.6. The molecule has 2 aliphatic rings. The molecule has 0 amide bonds. The molecule has 2 aromatic carbocycles.